The SMILES string of the molecule is CC1(C)COC2(CCC(C=CC(=O)C3CCCCCC3)C2CCC2SCCS2)OC1. The van der Waals surface area contributed by atoms with Crippen LogP contribution in [0.15, 0.2) is 12.2 Å². The number of hydrogen-bond donors (Lipinski definition) is 0. The Hall–Kier alpha value is 0.0300. The zero-order chi connectivity index (χ0) is 21.0. The summed E-state index contributed by atoms with van der Waals surface area (Å²) in [4.78, 5) is 12.9. The summed E-state index contributed by atoms with van der Waals surface area (Å²) in [6.07, 6.45) is 15.8. The first-order valence-corrected chi connectivity index (χ1v) is 14.3. The molecule has 0 aromatic heterocycles. The minimum absolute atomic E-state index is 0.0936. The molecular weight excluding hydrogens is 412 g/mol. The zero-order valence-electron chi connectivity index (χ0n) is 18.9. The molecule has 0 aromatic rings. The number of carbonyl (C=O) groups excluding carboxylic acids is 1. The molecule has 4 fully saturated rings. The third-order valence-corrected chi connectivity index (χ3v) is 10.7. The zero-order valence-corrected chi connectivity index (χ0v) is 20.5. The lowest BCUT2D eigenvalue weighted by Crippen LogP contribution is -2.50. The van der Waals surface area contributed by atoms with E-state index in [2.05, 4.69) is 43.4 Å². The quantitative estimate of drug-likeness (QED) is 0.341. The highest BCUT2D eigenvalue weighted by Crippen LogP contribution is 2.51. The van der Waals surface area contributed by atoms with E-state index in [1.165, 1.54) is 43.6 Å². The van der Waals surface area contributed by atoms with Crippen LogP contribution in [0, 0.1) is 23.2 Å². The molecular formula is C25H40O3S2. The van der Waals surface area contributed by atoms with Crippen molar-refractivity contribution in [2.75, 3.05) is 24.7 Å². The molecule has 170 valence electrons. The molecule has 2 heterocycles. The normalized spacial score (nSPS) is 32.7. The Morgan fingerprint density at radius 2 is 1.63 bits per heavy atom. The predicted octanol–water partition coefficient (Wildman–Crippen LogP) is 6.46. The highest BCUT2D eigenvalue weighted by Gasteiger charge is 2.52. The summed E-state index contributed by atoms with van der Waals surface area (Å²) in [7, 11) is 0. The van der Waals surface area contributed by atoms with E-state index in [1.54, 1.807) is 0 Å². The van der Waals surface area contributed by atoms with Gasteiger partial charge < -0.3 is 9.47 Å². The first kappa shape index (κ1) is 23.2. The minimum Gasteiger partial charge on any atom is -0.349 e. The molecule has 30 heavy (non-hydrogen) atoms. The molecule has 0 N–H and O–H groups in total. The summed E-state index contributed by atoms with van der Waals surface area (Å²) in [5.41, 5.74) is 0.0936. The number of ether oxygens (including phenoxy) is 2. The first-order chi connectivity index (χ1) is 14.5. The van der Waals surface area contributed by atoms with Crippen molar-refractivity contribution in [1.82, 2.24) is 0 Å². The second kappa shape index (κ2) is 10.3. The number of allylic oxidation sites excluding steroid dienone is 2. The van der Waals surface area contributed by atoms with Gasteiger partial charge in [0.05, 0.1) is 17.8 Å². The van der Waals surface area contributed by atoms with E-state index in [0.717, 1.165) is 49.9 Å². The molecule has 0 bridgehead atoms. The Labute approximate surface area is 191 Å². The van der Waals surface area contributed by atoms with E-state index < -0.39 is 5.79 Å². The molecule has 3 nitrogen and oxygen atoms in total. The average Bonchev–Trinajstić information content (AvgIpc) is 3.27. The molecule has 4 aliphatic rings. The lowest BCUT2D eigenvalue weighted by Gasteiger charge is -2.45. The van der Waals surface area contributed by atoms with Gasteiger partial charge in [-0.3, -0.25) is 4.79 Å². The summed E-state index contributed by atoms with van der Waals surface area (Å²) < 4.78 is 13.7. The fourth-order valence-corrected chi connectivity index (χ4v) is 8.49. The largest absolute Gasteiger partial charge is 0.349 e. The fraction of sp³-hybridized carbons (Fsp3) is 0.880. The predicted molar refractivity (Wildman–Crippen MR) is 128 cm³/mol. The molecule has 2 unspecified atom stereocenters. The van der Waals surface area contributed by atoms with Crippen LogP contribution in [0.25, 0.3) is 0 Å². The molecule has 2 aliphatic carbocycles. The minimum atomic E-state index is -0.427. The van der Waals surface area contributed by atoms with Crippen LogP contribution in [0.4, 0.5) is 0 Å². The number of carbonyl (C=O) groups is 1. The second-order valence-electron chi connectivity index (χ2n) is 10.6. The van der Waals surface area contributed by atoms with E-state index >= 15 is 0 Å². The van der Waals surface area contributed by atoms with Gasteiger partial charge in [-0.05, 0) is 44.1 Å². The van der Waals surface area contributed by atoms with Gasteiger partial charge in [0.1, 0.15) is 0 Å². The van der Waals surface area contributed by atoms with Gasteiger partial charge >= 0.3 is 0 Å². The van der Waals surface area contributed by atoms with E-state index in [0.29, 0.717) is 17.6 Å². The fourth-order valence-electron chi connectivity index (χ4n) is 5.63. The summed E-state index contributed by atoms with van der Waals surface area (Å²) in [6.45, 7) is 5.98. The Morgan fingerprint density at radius 1 is 0.967 bits per heavy atom. The standard InChI is InChI=1S/C25H40O3S2/c1-24(2)17-27-25(28-18-24)14-13-19(21(25)10-12-23-29-15-16-30-23)9-11-22(26)20-7-5-3-4-6-8-20/h9,11,19-21,23H,3-8,10,12-18H2,1-2H3. The second-order valence-corrected chi connectivity index (χ2v) is 13.5. The maximum Gasteiger partial charge on any atom is 0.171 e. The van der Waals surface area contributed by atoms with Gasteiger partial charge in [-0.25, -0.2) is 0 Å². The van der Waals surface area contributed by atoms with Crippen LogP contribution in [-0.2, 0) is 14.3 Å². The summed E-state index contributed by atoms with van der Waals surface area (Å²) >= 11 is 4.22. The van der Waals surface area contributed by atoms with Crippen molar-refractivity contribution in [1.29, 1.82) is 0 Å². The third-order valence-electron chi connectivity index (χ3n) is 7.49. The van der Waals surface area contributed by atoms with Gasteiger partial charge in [0, 0.05) is 35.2 Å². The van der Waals surface area contributed by atoms with Gasteiger partial charge in [-0.2, -0.15) is 0 Å². The van der Waals surface area contributed by atoms with E-state index in [4.69, 9.17) is 9.47 Å². The van der Waals surface area contributed by atoms with Crippen molar-refractivity contribution in [3.05, 3.63) is 12.2 Å². The molecule has 1 spiro atoms. The summed E-state index contributed by atoms with van der Waals surface area (Å²) in [5.74, 6) is 3.53. The van der Waals surface area contributed by atoms with Gasteiger partial charge in [-0.15, -0.1) is 23.5 Å². The Bertz CT molecular complexity index is 594. The first-order valence-electron chi connectivity index (χ1n) is 12.2. The molecule has 2 saturated carbocycles. The number of ketones is 1. The van der Waals surface area contributed by atoms with Crippen molar-refractivity contribution < 1.29 is 14.3 Å². The highest BCUT2D eigenvalue weighted by atomic mass is 32.2. The van der Waals surface area contributed by atoms with Crippen molar-refractivity contribution >= 4 is 29.3 Å². The lowest BCUT2D eigenvalue weighted by atomic mass is 9.85. The van der Waals surface area contributed by atoms with Crippen molar-refractivity contribution in [2.24, 2.45) is 23.2 Å². The van der Waals surface area contributed by atoms with E-state index in [9.17, 15) is 4.79 Å². The number of hydrogen-bond acceptors (Lipinski definition) is 5. The number of rotatable bonds is 6. The molecule has 0 aromatic carbocycles. The van der Waals surface area contributed by atoms with E-state index in [1.807, 2.05) is 6.08 Å². The van der Waals surface area contributed by atoms with Crippen molar-refractivity contribution in [3.8, 4) is 0 Å². The Morgan fingerprint density at radius 3 is 2.30 bits per heavy atom. The van der Waals surface area contributed by atoms with Gasteiger partial charge in [0.25, 0.3) is 0 Å². The maximum atomic E-state index is 12.9. The Kier molecular flexibility index (Phi) is 7.97. The smallest absolute Gasteiger partial charge is 0.171 e. The topological polar surface area (TPSA) is 35.5 Å². The molecule has 4 rings (SSSR count). The van der Waals surface area contributed by atoms with Crippen LogP contribution in [0.5, 0.6) is 0 Å². The van der Waals surface area contributed by atoms with Crippen LogP contribution in [0.1, 0.15) is 78.1 Å². The van der Waals surface area contributed by atoms with E-state index in [-0.39, 0.29) is 11.3 Å². The number of thioether (sulfide) groups is 2. The van der Waals surface area contributed by atoms with Gasteiger partial charge in [-0.1, -0.05) is 45.6 Å². The molecule has 2 aliphatic heterocycles. The van der Waals surface area contributed by atoms with Crippen LogP contribution >= 0.6 is 23.5 Å². The van der Waals surface area contributed by atoms with Crippen LogP contribution in [0.2, 0.25) is 0 Å². The van der Waals surface area contributed by atoms with Crippen LogP contribution < -0.4 is 0 Å². The molecule has 5 heteroatoms. The van der Waals surface area contributed by atoms with Gasteiger partial charge in [0.2, 0.25) is 0 Å². The van der Waals surface area contributed by atoms with Crippen molar-refractivity contribution in [2.45, 2.75) is 88.4 Å². The average molecular weight is 453 g/mol. The molecule has 0 amide bonds. The highest BCUT2D eigenvalue weighted by molar-refractivity contribution is 8.20. The maximum absolute atomic E-state index is 12.9. The summed E-state index contributed by atoms with van der Waals surface area (Å²) in [6, 6.07) is 0. The molecule has 0 radical (unpaired) electrons. The van der Waals surface area contributed by atoms with Crippen molar-refractivity contribution in [3.63, 3.8) is 0 Å². The molecule has 2 atom stereocenters. The third kappa shape index (κ3) is 5.68. The summed E-state index contributed by atoms with van der Waals surface area (Å²) in [5, 5.41) is 0. The molecule has 2 saturated heterocycles. The lowest BCUT2D eigenvalue weighted by molar-refractivity contribution is -0.316. The van der Waals surface area contributed by atoms with Crippen LogP contribution in [0.3, 0.4) is 0 Å². The Balaban J connectivity index is 1.42. The van der Waals surface area contributed by atoms with Gasteiger partial charge in [0.15, 0.2) is 11.6 Å². The van der Waals surface area contributed by atoms with Crippen LogP contribution in [-0.4, -0.2) is 40.9 Å². The monoisotopic (exact) mass is 452 g/mol.